The molecule has 0 spiro atoms. The van der Waals surface area contributed by atoms with E-state index in [1.165, 1.54) is 35.0 Å². The number of benzene rings is 1. The fourth-order valence-electron chi connectivity index (χ4n) is 1.98. The molecule has 120 valence electrons. The van der Waals surface area contributed by atoms with Crippen LogP contribution in [0, 0.1) is 27.2 Å². The molecule has 1 aromatic heterocycles. The number of hydrogen-bond donors (Lipinski definition) is 1. The number of nitro groups is 2. The van der Waals surface area contributed by atoms with Crippen LogP contribution in [-0.2, 0) is 4.79 Å². The molecule has 0 radical (unpaired) electrons. The Balaban J connectivity index is 2.13. The Morgan fingerprint density at radius 3 is 2.30 bits per heavy atom. The molecule has 10 nitrogen and oxygen atoms in total. The lowest BCUT2D eigenvalue weighted by molar-refractivity contribution is -0.389. The highest BCUT2D eigenvalue weighted by Crippen LogP contribution is 2.19. The van der Waals surface area contributed by atoms with Gasteiger partial charge in [-0.3, -0.25) is 14.9 Å². The molecular formula is C13H13N5O5. The fourth-order valence-corrected chi connectivity index (χ4v) is 1.98. The minimum Gasteiger partial charge on any atom is -0.358 e. The van der Waals surface area contributed by atoms with E-state index in [9.17, 15) is 25.0 Å². The summed E-state index contributed by atoms with van der Waals surface area (Å²) in [5.41, 5.74) is 0.768. The third-order valence-electron chi connectivity index (χ3n) is 3.19. The van der Waals surface area contributed by atoms with Crippen LogP contribution in [0.15, 0.2) is 30.3 Å². The van der Waals surface area contributed by atoms with Crippen molar-refractivity contribution in [2.24, 2.45) is 0 Å². The SMILES string of the molecule is Cc1cc([N+](=O)[O-])nn1C(C)C(=O)Nc1ccc([N+](=O)[O-])cc1. The number of anilines is 1. The van der Waals surface area contributed by atoms with Crippen LogP contribution in [-0.4, -0.2) is 25.5 Å². The number of non-ortho nitro benzene ring substituents is 1. The summed E-state index contributed by atoms with van der Waals surface area (Å²) in [7, 11) is 0. The van der Waals surface area contributed by atoms with E-state index in [-0.39, 0.29) is 11.5 Å². The second-order valence-corrected chi connectivity index (χ2v) is 4.81. The second-order valence-electron chi connectivity index (χ2n) is 4.81. The van der Waals surface area contributed by atoms with Gasteiger partial charge in [-0.05, 0) is 30.9 Å². The minimum absolute atomic E-state index is 0.0883. The van der Waals surface area contributed by atoms with Crippen molar-refractivity contribution in [1.82, 2.24) is 9.78 Å². The van der Waals surface area contributed by atoms with E-state index in [4.69, 9.17) is 0 Å². The quantitative estimate of drug-likeness (QED) is 0.663. The van der Waals surface area contributed by atoms with Crippen molar-refractivity contribution in [1.29, 1.82) is 0 Å². The van der Waals surface area contributed by atoms with Crippen LogP contribution in [0.5, 0.6) is 0 Å². The van der Waals surface area contributed by atoms with Crippen LogP contribution in [0.3, 0.4) is 0 Å². The number of carbonyl (C=O) groups is 1. The van der Waals surface area contributed by atoms with Gasteiger partial charge in [-0.25, -0.2) is 0 Å². The lowest BCUT2D eigenvalue weighted by Gasteiger charge is -2.11. The minimum atomic E-state index is -0.779. The summed E-state index contributed by atoms with van der Waals surface area (Å²) in [5, 5.41) is 27.6. The predicted octanol–water partition coefficient (Wildman–Crippen LogP) is 2.21. The molecule has 1 heterocycles. The van der Waals surface area contributed by atoms with Crippen molar-refractivity contribution in [3.05, 3.63) is 56.3 Å². The van der Waals surface area contributed by atoms with Gasteiger partial charge in [0.25, 0.3) is 11.6 Å². The molecule has 1 atom stereocenters. The van der Waals surface area contributed by atoms with Gasteiger partial charge in [-0.15, -0.1) is 0 Å². The van der Waals surface area contributed by atoms with Gasteiger partial charge in [0, 0.05) is 17.8 Å². The summed E-state index contributed by atoms with van der Waals surface area (Å²) in [5.74, 6) is -0.780. The lowest BCUT2D eigenvalue weighted by atomic mass is 10.2. The molecule has 0 aliphatic carbocycles. The number of aromatic nitrogens is 2. The lowest BCUT2D eigenvalue weighted by Crippen LogP contribution is -2.25. The molecule has 0 aliphatic rings. The largest absolute Gasteiger partial charge is 0.390 e. The molecule has 1 unspecified atom stereocenters. The van der Waals surface area contributed by atoms with Crippen molar-refractivity contribution in [3.8, 4) is 0 Å². The molecule has 2 aromatic rings. The molecule has 0 saturated carbocycles. The number of amides is 1. The second kappa shape index (κ2) is 6.22. The van der Waals surface area contributed by atoms with Crippen molar-refractivity contribution in [2.75, 3.05) is 5.32 Å². The first-order valence-corrected chi connectivity index (χ1v) is 6.55. The monoisotopic (exact) mass is 319 g/mol. The maximum absolute atomic E-state index is 12.2. The Morgan fingerprint density at radius 2 is 1.83 bits per heavy atom. The van der Waals surface area contributed by atoms with Crippen molar-refractivity contribution in [3.63, 3.8) is 0 Å². The Morgan fingerprint density at radius 1 is 1.22 bits per heavy atom. The third-order valence-corrected chi connectivity index (χ3v) is 3.19. The number of rotatable bonds is 5. The molecule has 0 aliphatic heterocycles. The van der Waals surface area contributed by atoms with Gasteiger partial charge in [0.05, 0.1) is 21.8 Å². The molecule has 1 N–H and O–H groups in total. The van der Waals surface area contributed by atoms with E-state index >= 15 is 0 Å². The van der Waals surface area contributed by atoms with E-state index in [2.05, 4.69) is 10.4 Å². The summed E-state index contributed by atoms with van der Waals surface area (Å²) in [4.78, 5) is 32.3. The van der Waals surface area contributed by atoms with Crippen LogP contribution in [0.1, 0.15) is 18.7 Å². The molecule has 1 amide bonds. The zero-order valence-corrected chi connectivity index (χ0v) is 12.3. The Hall–Kier alpha value is -3.30. The average molecular weight is 319 g/mol. The van der Waals surface area contributed by atoms with Crippen LogP contribution < -0.4 is 5.32 Å². The van der Waals surface area contributed by atoms with Crippen molar-refractivity contribution in [2.45, 2.75) is 19.9 Å². The third kappa shape index (κ3) is 3.48. The number of hydrogen-bond acceptors (Lipinski definition) is 6. The molecule has 0 bridgehead atoms. The van der Waals surface area contributed by atoms with Crippen LogP contribution >= 0.6 is 0 Å². The average Bonchev–Trinajstić information content (AvgIpc) is 2.89. The zero-order valence-electron chi connectivity index (χ0n) is 12.3. The van der Waals surface area contributed by atoms with E-state index in [1.54, 1.807) is 13.8 Å². The zero-order chi connectivity index (χ0) is 17.1. The van der Waals surface area contributed by atoms with Crippen LogP contribution in [0.25, 0.3) is 0 Å². The maximum Gasteiger partial charge on any atom is 0.390 e. The first kappa shape index (κ1) is 16.1. The Kier molecular flexibility index (Phi) is 4.35. The first-order valence-electron chi connectivity index (χ1n) is 6.55. The maximum atomic E-state index is 12.2. The highest BCUT2D eigenvalue weighted by molar-refractivity contribution is 5.93. The van der Waals surface area contributed by atoms with Crippen LogP contribution in [0.4, 0.5) is 17.2 Å². The molecule has 1 aromatic carbocycles. The van der Waals surface area contributed by atoms with Gasteiger partial charge in [0.1, 0.15) is 6.04 Å². The number of aryl methyl sites for hydroxylation is 1. The van der Waals surface area contributed by atoms with Gasteiger partial charge in [-0.2, -0.15) is 4.68 Å². The number of nitrogens with one attached hydrogen (secondary N) is 1. The molecule has 10 heteroatoms. The van der Waals surface area contributed by atoms with Crippen molar-refractivity contribution >= 4 is 23.1 Å². The first-order chi connectivity index (χ1) is 10.8. The molecule has 23 heavy (non-hydrogen) atoms. The van der Waals surface area contributed by atoms with E-state index in [0.717, 1.165) is 0 Å². The molecule has 0 saturated heterocycles. The Labute approximate surface area is 130 Å². The summed E-state index contributed by atoms with van der Waals surface area (Å²) in [6.07, 6.45) is 0. The van der Waals surface area contributed by atoms with E-state index in [1.807, 2.05) is 0 Å². The summed E-state index contributed by atoms with van der Waals surface area (Å²) in [6, 6.07) is 5.84. The summed E-state index contributed by atoms with van der Waals surface area (Å²) >= 11 is 0. The number of nitro benzene ring substituents is 1. The molecular weight excluding hydrogens is 306 g/mol. The summed E-state index contributed by atoms with van der Waals surface area (Å²) < 4.78 is 1.25. The predicted molar refractivity (Wildman–Crippen MR) is 80.1 cm³/mol. The molecule has 0 fully saturated rings. The van der Waals surface area contributed by atoms with Crippen molar-refractivity contribution < 1.29 is 14.6 Å². The number of nitrogens with zero attached hydrogens (tertiary/aromatic N) is 4. The standard InChI is InChI=1S/C13H13N5O5/c1-8-7-12(18(22)23)15-16(8)9(2)13(19)14-10-3-5-11(6-4-10)17(20)21/h3-7,9H,1-2H3,(H,14,19). The summed E-state index contributed by atoms with van der Waals surface area (Å²) in [6.45, 7) is 3.15. The van der Waals surface area contributed by atoms with E-state index < -0.39 is 21.8 Å². The van der Waals surface area contributed by atoms with Gasteiger partial charge in [0.15, 0.2) is 0 Å². The smallest absolute Gasteiger partial charge is 0.358 e. The highest BCUT2D eigenvalue weighted by atomic mass is 16.6. The normalized spacial score (nSPS) is 11.7. The van der Waals surface area contributed by atoms with Gasteiger partial charge in [0.2, 0.25) is 0 Å². The number of carbonyl (C=O) groups excluding carboxylic acids is 1. The fraction of sp³-hybridized carbons (Fsp3) is 0.231. The highest BCUT2D eigenvalue weighted by Gasteiger charge is 2.24. The van der Waals surface area contributed by atoms with Gasteiger partial charge >= 0.3 is 5.82 Å². The van der Waals surface area contributed by atoms with Gasteiger partial charge in [-0.1, -0.05) is 0 Å². The van der Waals surface area contributed by atoms with Gasteiger partial charge < -0.3 is 15.4 Å². The van der Waals surface area contributed by atoms with E-state index in [0.29, 0.717) is 11.4 Å². The Bertz CT molecular complexity index is 768. The topological polar surface area (TPSA) is 133 Å². The van der Waals surface area contributed by atoms with Crippen LogP contribution in [0.2, 0.25) is 0 Å². The molecule has 2 rings (SSSR count).